The Hall–Kier alpha value is -3.33. The van der Waals surface area contributed by atoms with Crippen LogP contribution in [0.2, 0.25) is 0 Å². The third-order valence-electron chi connectivity index (χ3n) is 8.06. The van der Waals surface area contributed by atoms with Crippen molar-refractivity contribution in [2.24, 2.45) is 5.73 Å². The molecule has 2 aliphatic rings. The second-order valence-corrected chi connectivity index (χ2v) is 10.9. The topological polar surface area (TPSA) is 109 Å². The highest BCUT2D eigenvalue weighted by atomic mass is 16.3. The fraction of sp³-hybridized carbons (Fsp3) is 0.469. The number of aliphatic hydroxyl groups is 1. The minimum atomic E-state index is -0.288. The predicted octanol–water partition coefficient (Wildman–Crippen LogP) is 3.96. The number of hydrogen-bond donors (Lipinski definition) is 3. The Kier molecular flexibility index (Phi) is 9.76. The van der Waals surface area contributed by atoms with Gasteiger partial charge in [0.25, 0.3) is 0 Å². The molecular formula is C32H42N6O2. The number of carbonyl (C=O) groups excluding carboxylic acids is 1. The van der Waals surface area contributed by atoms with Gasteiger partial charge in [-0.25, -0.2) is 0 Å². The van der Waals surface area contributed by atoms with Crippen molar-refractivity contribution in [3.8, 4) is 0 Å². The monoisotopic (exact) mass is 542 g/mol. The Bertz CT molecular complexity index is 1380. The molecule has 1 aromatic carbocycles. The molecule has 1 amide bonds. The highest BCUT2D eigenvalue weighted by Crippen LogP contribution is 2.30. The van der Waals surface area contributed by atoms with Crippen LogP contribution in [0.4, 0.5) is 0 Å². The zero-order valence-electron chi connectivity index (χ0n) is 23.4. The van der Waals surface area contributed by atoms with Crippen molar-refractivity contribution in [2.75, 3.05) is 26.2 Å². The summed E-state index contributed by atoms with van der Waals surface area (Å²) in [4.78, 5) is 23.9. The summed E-state index contributed by atoms with van der Waals surface area (Å²) in [5, 5.41) is 15.5. The van der Waals surface area contributed by atoms with Crippen LogP contribution in [-0.2, 0) is 30.7 Å². The van der Waals surface area contributed by atoms with Crippen LogP contribution in [0.1, 0.15) is 55.5 Å². The van der Waals surface area contributed by atoms with E-state index < -0.39 is 0 Å². The first-order chi connectivity index (χ1) is 19.7. The molecule has 8 nitrogen and oxygen atoms in total. The van der Waals surface area contributed by atoms with Gasteiger partial charge in [-0.05, 0) is 88.2 Å². The van der Waals surface area contributed by atoms with Crippen LogP contribution in [-0.4, -0.2) is 62.7 Å². The Morgan fingerprint density at radius 3 is 2.62 bits per heavy atom. The molecule has 3 aromatic heterocycles. The van der Waals surface area contributed by atoms with Crippen LogP contribution in [0.15, 0.2) is 54.9 Å². The van der Waals surface area contributed by atoms with Crippen molar-refractivity contribution in [1.29, 1.82) is 0 Å². The number of hydrogen-bond acceptors (Lipinski definition) is 6. The van der Waals surface area contributed by atoms with Gasteiger partial charge in [0, 0.05) is 54.0 Å². The first kappa shape index (κ1) is 28.2. The minimum absolute atomic E-state index is 0.0928. The number of benzene rings is 1. The van der Waals surface area contributed by atoms with E-state index in [0.29, 0.717) is 39.0 Å². The van der Waals surface area contributed by atoms with E-state index in [9.17, 15) is 9.90 Å². The first-order valence-electron chi connectivity index (χ1n) is 14.8. The lowest BCUT2D eigenvalue weighted by atomic mass is 9.96. The van der Waals surface area contributed by atoms with E-state index in [1.54, 1.807) is 0 Å². The number of unbranched alkanes of at least 4 members (excludes halogenated alkanes) is 1. The summed E-state index contributed by atoms with van der Waals surface area (Å²) >= 11 is 0. The standard InChI is InChI=1S/C23H31N5O2.C9H11N/c24-10-3-4-11-25-15-20-23-19(7-12-26-20)18-5-1-2-6-21(18)28(23)16-22(30)27-13-8-17(29)9-14-27;1-2-6-9-8(4-1)5-3-7-10-9/h1-2,5-7,12,17,25,29H,3-4,8-11,13-16,24H2;3,5,7H,1-2,4,6H2. The number of likely N-dealkylation sites (tertiary alicyclic amines) is 1. The molecule has 4 aromatic rings. The molecule has 212 valence electrons. The average Bonchev–Trinajstić information content (AvgIpc) is 3.32. The van der Waals surface area contributed by atoms with Crippen LogP contribution in [0.25, 0.3) is 21.8 Å². The number of aliphatic hydroxyl groups excluding tert-OH is 1. The Balaban J connectivity index is 0.000000269. The van der Waals surface area contributed by atoms with Gasteiger partial charge in [-0.2, -0.15) is 0 Å². The number of nitrogens with two attached hydrogens (primary N) is 1. The van der Waals surface area contributed by atoms with Gasteiger partial charge in [-0.3, -0.25) is 14.8 Å². The third kappa shape index (κ3) is 6.69. The predicted molar refractivity (Wildman–Crippen MR) is 160 cm³/mol. The third-order valence-corrected chi connectivity index (χ3v) is 8.06. The van der Waals surface area contributed by atoms with Crippen molar-refractivity contribution in [3.63, 3.8) is 0 Å². The molecular weight excluding hydrogens is 500 g/mol. The van der Waals surface area contributed by atoms with Gasteiger partial charge in [-0.1, -0.05) is 24.3 Å². The van der Waals surface area contributed by atoms with E-state index in [0.717, 1.165) is 46.9 Å². The molecule has 4 heterocycles. The number of aromatic nitrogens is 3. The summed E-state index contributed by atoms with van der Waals surface area (Å²) in [6.45, 7) is 3.77. The van der Waals surface area contributed by atoms with Crippen molar-refractivity contribution in [3.05, 3.63) is 71.8 Å². The van der Waals surface area contributed by atoms with Gasteiger partial charge in [0.15, 0.2) is 0 Å². The van der Waals surface area contributed by atoms with Gasteiger partial charge < -0.3 is 25.6 Å². The van der Waals surface area contributed by atoms with Crippen molar-refractivity contribution in [1.82, 2.24) is 24.8 Å². The van der Waals surface area contributed by atoms with Crippen molar-refractivity contribution in [2.45, 2.75) is 70.6 Å². The first-order valence-corrected chi connectivity index (χ1v) is 14.8. The lowest BCUT2D eigenvalue weighted by molar-refractivity contribution is -0.133. The van der Waals surface area contributed by atoms with E-state index in [1.165, 1.54) is 36.9 Å². The zero-order valence-corrected chi connectivity index (χ0v) is 23.4. The van der Waals surface area contributed by atoms with Gasteiger partial charge in [0.1, 0.15) is 6.54 Å². The molecule has 0 unspecified atom stereocenters. The number of nitrogens with one attached hydrogen (secondary N) is 1. The summed E-state index contributed by atoms with van der Waals surface area (Å²) in [5.74, 6) is 0.0928. The maximum Gasteiger partial charge on any atom is 0.242 e. The van der Waals surface area contributed by atoms with Crippen molar-refractivity contribution >= 4 is 27.7 Å². The molecule has 1 fully saturated rings. The Morgan fingerprint density at radius 2 is 1.80 bits per heavy atom. The van der Waals surface area contributed by atoms with Crippen LogP contribution >= 0.6 is 0 Å². The normalized spacial score (nSPS) is 15.6. The van der Waals surface area contributed by atoms with E-state index in [1.807, 2.05) is 41.6 Å². The lowest BCUT2D eigenvalue weighted by Gasteiger charge is -2.30. The van der Waals surface area contributed by atoms with Crippen LogP contribution in [0.3, 0.4) is 0 Å². The zero-order chi connectivity index (χ0) is 27.7. The Morgan fingerprint density at radius 1 is 0.975 bits per heavy atom. The molecule has 0 saturated carbocycles. The molecule has 0 atom stereocenters. The molecule has 1 aliphatic heterocycles. The molecule has 4 N–H and O–H groups in total. The van der Waals surface area contributed by atoms with E-state index in [2.05, 4.69) is 38.1 Å². The minimum Gasteiger partial charge on any atom is -0.393 e. The van der Waals surface area contributed by atoms with Gasteiger partial charge in [0.05, 0.1) is 17.3 Å². The average molecular weight is 543 g/mol. The smallest absolute Gasteiger partial charge is 0.242 e. The molecule has 0 radical (unpaired) electrons. The van der Waals surface area contributed by atoms with Gasteiger partial charge >= 0.3 is 0 Å². The van der Waals surface area contributed by atoms with E-state index in [-0.39, 0.29) is 18.6 Å². The van der Waals surface area contributed by atoms with Crippen LogP contribution in [0.5, 0.6) is 0 Å². The Labute approximate surface area is 236 Å². The summed E-state index contributed by atoms with van der Waals surface area (Å²) in [7, 11) is 0. The maximum absolute atomic E-state index is 13.1. The fourth-order valence-corrected chi connectivity index (χ4v) is 5.85. The number of rotatable bonds is 8. The van der Waals surface area contributed by atoms with E-state index >= 15 is 0 Å². The number of fused-ring (bicyclic) bond motifs is 4. The van der Waals surface area contributed by atoms with E-state index in [4.69, 9.17) is 5.73 Å². The molecule has 8 heteroatoms. The van der Waals surface area contributed by atoms with Gasteiger partial charge in [-0.15, -0.1) is 0 Å². The lowest BCUT2D eigenvalue weighted by Crippen LogP contribution is -2.41. The highest BCUT2D eigenvalue weighted by molar-refractivity contribution is 6.09. The number of pyridine rings is 2. The number of aryl methyl sites for hydroxylation is 2. The number of amides is 1. The fourth-order valence-electron chi connectivity index (χ4n) is 5.85. The molecule has 6 rings (SSSR count). The summed E-state index contributed by atoms with van der Waals surface area (Å²) in [5.41, 5.74) is 11.4. The second kappa shape index (κ2) is 13.8. The second-order valence-electron chi connectivity index (χ2n) is 10.9. The quantitative estimate of drug-likeness (QED) is 0.291. The number of carbonyl (C=O) groups is 1. The maximum atomic E-state index is 13.1. The van der Waals surface area contributed by atoms with Crippen molar-refractivity contribution < 1.29 is 9.90 Å². The van der Waals surface area contributed by atoms with Crippen LogP contribution in [0, 0.1) is 0 Å². The number of para-hydroxylation sites is 1. The number of piperidine rings is 1. The summed E-state index contributed by atoms with van der Waals surface area (Å²) in [6, 6.07) is 14.5. The molecule has 1 aliphatic carbocycles. The largest absolute Gasteiger partial charge is 0.393 e. The molecule has 1 saturated heterocycles. The van der Waals surface area contributed by atoms with Crippen LogP contribution < -0.4 is 11.1 Å². The summed E-state index contributed by atoms with van der Waals surface area (Å²) < 4.78 is 2.11. The molecule has 0 bridgehead atoms. The molecule has 40 heavy (non-hydrogen) atoms. The SMILES string of the molecule is NCCCCNCc1nccc2c3ccccc3n(CC(=O)N3CCC(O)CC3)c12.c1cnc2c(c1)CCCC2. The summed E-state index contributed by atoms with van der Waals surface area (Å²) in [6.07, 6.45) is 11.9. The molecule has 0 spiro atoms. The van der Waals surface area contributed by atoms with Gasteiger partial charge in [0.2, 0.25) is 5.91 Å². The number of nitrogens with zero attached hydrogens (tertiary/aromatic N) is 4. The highest BCUT2D eigenvalue weighted by Gasteiger charge is 2.23.